The highest BCUT2D eigenvalue weighted by Crippen LogP contribution is 2.49. The molecule has 296 valence electrons. The SMILES string of the molecule is N#Cc1cccc(-c2ccc(-c3cc4c5c(cccc5c3)-c3ccccc3-4)cc2)c1-c1cccc(-c2cccc(-c3nc(-c4ccccc4)nc(-c4cccc5ccccc45)n3)c2)c1. The maximum atomic E-state index is 10.5. The van der Waals surface area contributed by atoms with Crippen molar-refractivity contribution in [3.8, 4) is 107 Å². The van der Waals surface area contributed by atoms with Gasteiger partial charge in [-0.25, -0.2) is 15.0 Å². The first-order chi connectivity index (χ1) is 31.7. The van der Waals surface area contributed by atoms with Gasteiger partial charge < -0.3 is 0 Å². The largest absolute Gasteiger partial charge is 0.208 e. The van der Waals surface area contributed by atoms with Crippen molar-refractivity contribution in [1.82, 2.24) is 15.0 Å². The van der Waals surface area contributed by atoms with E-state index in [0.29, 0.717) is 23.0 Å². The molecule has 1 heterocycles. The minimum atomic E-state index is 0.595. The third-order valence-corrected chi connectivity index (χ3v) is 12.5. The van der Waals surface area contributed by atoms with E-state index in [1.807, 2.05) is 54.6 Å². The minimum absolute atomic E-state index is 0.595. The van der Waals surface area contributed by atoms with E-state index in [2.05, 4.69) is 170 Å². The van der Waals surface area contributed by atoms with Crippen LogP contribution in [0, 0.1) is 11.3 Å². The van der Waals surface area contributed by atoms with Gasteiger partial charge in [-0.2, -0.15) is 5.26 Å². The Kier molecular flexibility index (Phi) is 8.84. The van der Waals surface area contributed by atoms with E-state index in [4.69, 9.17) is 15.0 Å². The second kappa shape index (κ2) is 15.3. The summed E-state index contributed by atoms with van der Waals surface area (Å²) in [6.45, 7) is 0. The van der Waals surface area contributed by atoms with Crippen molar-refractivity contribution >= 4 is 21.5 Å². The van der Waals surface area contributed by atoms with Gasteiger partial charge in [0.25, 0.3) is 0 Å². The number of hydrogen-bond acceptors (Lipinski definition) is 4. The summed E-state index contributed by atoms with van der Waals surface area (Å²) in [4.78, 5) is 15.2. The highest BCUT2D eigenvalue weighted by Gasteiger charge is 2.22. The Bertz CT molecular complexity index is 3670. The first kappa shape index (κ1) is 37.0. The Morgan fingerprint density at radius 1 is 0.297 bits per heavy atom. The molecule has 4 nitrogen and oxygen atoms in total. The fourth-order valence-electron chi connectivity index (χ4n) is 9.48. The zero-order valence-corrected chi connectivity index (χ0v) is 34.6. The second-order valence-electron chi connectivity index (χ2n) is 16.3. The smallest absolute Gasteiger partial charge is 0.164 e. The van der Waals surface area contributed by atoms with Crippen molar-refractivity contribution in [3.05, 3.63) is 224 Å². The number of aromatic nitrogens is 3. The summed E-state index contributed by atoms with van der Waals surface area (Å²) in [6, 6.07) is 78.7. The lowest BCUT2D eigenvalue weighted by Crippen LogP contribution is -2.00. The summed E-state index contributed by atoms with van der Waals surface area (Å²) in [6.07, 6.45) is 0. The molecular weight excluding hydrogens is 777 g/mol. The Morgan fingerprint density at radius 3 is 1.62 bits per heavy atom. The molecule has 0 radical (unpaired) electrons. The predicted molar refractivity (Wildman–Crippen MR) is 262 cm³/mol. The molecule has 0 aliphatic heterocycles. The van der Waals surface area contributed by atoms with Crippen LogP contribution in [0.25, 0.3) is 122 Å². The van der Waals surface area contributed by atoms with Gasteiger partial charge >= 0.3 is 0 Å². The minimum Gasteiger partial charge on any atom is -0.208 e. The predicted octanol–water partition coefficient (Wildman–Crippen LogP) is 15.4. The van der Waals surface area contributed by atoms with Crippen molar-refractivity contribution < 1.29 is 0 Å². The fraction of sp³-hybridized carbons (Fsp3) is 0. The van der Waals surface area contributed by atoms with Gasteiger partial charge in [-0.05, 0) is 113 Å². The first-order valence-corrected chi connectivity index (χ1v) is 21.5. The van der Waals surface area contributed by atoms with Crippen molar-refractivity contribution in [1.29, 1.82) is 5.26 Å². The van der Waals surface area contributed by atoms with Gasteiger partial charge in [-0.1, -0.05) is 188 Å². The van der Waals surface area contributed by atoms with E-state index in [9.17, 15) is 5.26 Å². The van der Waals surface area contributed by atoms with Gasteiger partial charge in [-0.15, -0.1) is 0 Å². The summed E-state index contributed by atoms with van der Waals surface area (Å²) >= 11 is 0. The highest BCUT2D eigenvalue weighted by molar-refractivity contribution is 6.16. The van der Waals surface area contributed by atoms with Crippen LogP contribution in [-0.2, 0) is 0 Å². The number of nitriles is 1. The number of fused-ring (bicyclic) bond motifs is 4. The highest BCUT2D eigenvalue weighted by atomic mass is 15.0. The fourth-order valence-corrected chi connectivity index (χ4v) is 9.48. The molecule has 0 atom stereocenters. The monoisotopic (exact) mass is 812 g/mol. The van der Waals surface area contributed by atoms with Crippen LogP contribution < -0.4 is 0 Å². The normalized spacial score (nSPS) is 11.4. The third-order valence-electron chi connectivity index (χ3n) is 12.5. The molecule has 1 aliphatic carbocycles. The molecule has 1 aliphatic rings. The zero-order chi connectivity index (χ0) is 42.6. The molecule has 0 fully saturated rings. The van der Waals surface area contributed by atoms with E-state index < -0.39 is 0 Å². The lowest BCUT2D eigenvalue weighted by atomic mass is 9.88. The molecule has 0 spiro atoms. The molecule has 11 aromatic rings. The standard InChI is InChI=1S/C60H36N4/c61-37-47-22-12-26-50(40-31-29-38(30-32-40)48-35-45-20-11-27-53-51-24-6-7-25-52(51)55(36-48)57(45)53)56(47)44-19-8-17-42(33-44)43-18-9-21-46(34-43)59-62-58(41-14-2-1-3-15-41)63-60(64-59)54-28-10-16-39-13-4-5-23-49(39)54/h1-36H. The topological polar surface area (TPSA) is 62.5 Å². The molecule has 0 saturated carbocycles. The van der Waals surface area contributed by atoms with Gasteiger partial charge in [0.15, 0.2) is 17.5 Å². The second-order valence-corrected chi connectivity index (χ2v) is 16.3. The summed E-state index contributed by atoms with van der Waals surface area (Å²) < 4.78 is 0. The van der Waals surface area contributed by atoms with Crippen LogP contribution in [-0.4, -0.2) is 15.0 Å². The van der Waals surface area contributed by atoms with Crippen LogP contribution in [0.1, 0.15) is 5.56 Å². The average molecular weight is 813 g/mol. The van der Waals surface area contributed by atoms with Gasteiger partial charge in [0.2, 0.25) is 0 Å². The van der Waals surface area contributed by atoms with Crippen molar-refractivity contribution in [2.24, 2.45) is 0 Å². The van der Waals surface area contributed by atoms with Gasteiger partial charge in [-0.3, -0.25) is 0 Å². The third kappa shape index (κ3) is 6.35. The first-order valence-electron chi connectivity index (χ1n) is 21.5. The summed E-state index contributed by atoms with van der Waals surface area (Å²) in [5.74, 6) is 1.83. The maximum absolute atomic E-state index is 10.5. The van der Waals surface area contributed by atoms with Crippen LogP contribution in [0.2, 0.25) is 0 Å². The average Bonchev–Trinajstić information content (AvgIpc) is 3.70. The summed E-state index contributed by atoms with van der Waals surface area (Å²) in [5, 5.41) is 15.3. The Labute approximate surface area is 371 Å². The molecule has 12 rings (SSSR count). The van der Waals surface area contributed by atoms with Gasteiger partial charge in [0, 0.05) is 22.3 Å². The molecule has 4 heteroatoms. The molecular formula is C60H36N4. The molecule has 0 amide bonds. The molecule has 0 bridgehead atoms. The zero-order valence-electron chi connectivity index (χ0n) is 34.6. The summed E-state index contributed by atoms with van der Waals surface area (Å²) in [7, 11) is 0. The maximum Gasteiger partial charge on any atom is 0.164 e. The van der Waals surface area contributed by atoms with E-state index in [-0.39, 0.29) is 0 Å². The van der Waals surface area contributed by atoms with E-state index in [1.54, 1.807) is 0 Å². The number of benzene rings is 10. The molecule has 10 aromatic carbocycles. The molecule has 0 unspecified atom stereocenters. The van der Waals surface area contributed by atoms with E-state index in [1.165, 1.54) is 38.6 Å². The van der Waals surface area contributed by atoms with Gasteiger partial charge in [0.1, 0.15) is 0 Å². The van der Waals surface area contributed by atoms with Crippen LogP contribution in [0.4, 0.5) is 0 Å². The summed E-state index contributed by atoms with van der Waals surface area (Å²) in [5.41, 5.74) is 16.8. The Hall–Kier alpha value is -8.78. The van der Waals surface area contributed by atoms with Crippen LogP contribution in [0.3, 0.4) is 0 Å². The molecule has 0 N–H and O–H groups in total. The van der Waals surface area contributed by atoms with Crippen molar-refractivity contribution in [2.75, 3.05) is 0 Å². The van der Waals surface area contributed by atoms with Crippen LogP contribution >= 0.6 is 0 Å². The molecule has 0 saturated heterocycles. The molecule has 64 heavy (non-hydrogen) atoms. The number of hydrogen-bond donors (Lipinski definition) is 0. The van der Waals surface area contributed by atoms with Gasteiger partial charge in [0.05, 0.1) is 11.6 Å². The quantitative estimate of drug-likeness (QED) is 0.161. The lowest BCUT2D eigenvalue weighted by Gasteiger charge is -2.15. The Morgan fingerprint density at radius 2 is 0.828 bits per heavy atom. The number of nitrogens with zero attached hydrogens (tertiary/aromatic N) is 4. The Balaban J connectivity index is 0.913. The molecule has 1 aromatic heterocycles. The lowest BCUT2D eigenvalue weighted by molar-refractivity contribution is 1.08. The number of rotatable bonds is 7. The van der Waals surface area contributed by atoms with E-state index in [0.717, 1.165) is 66.4 Å². The van der Waals surface area contributed by atoms with E-state index >= 15 is 0 Å². The van der Waals surface area contributed by atoms with Crippen molar-refractivity contribution in [2.45, 2.75) is 0 Å². The van der Waals surface area contributed by atoms with Crippen molar-refractivity contribution in [3.63, 3.8) is 0 Å². The van der Waals surface area contributed by atoms with Crippen LogP contribution in [0.5, 0.6) is 0 Å². The van der Waals surface area contributed by atoms with Crippen LogP contribution in [0.15, 0.2) is 218 Å².